The predicted octanol–water partition coefficient (Wildman–Crippen LogP) is -0.135. The first-order valence-electron chi connectivity index (χ1n) is 4.26. The Balaban J connectivity index is 4.08. The zero-order chi connectivity index (χ0) is 9.61. The van der Waals surface area contributed by atoms with Crippen molar-refractivity contribution in [1.82, 2.24) is 0 Å². The lowest BCUT2D eigenvalue weighted by Gasteiger charge is -2.30. The first kappa shape index (κ1) is 11.8. The third kappa shape index (κ3) is 3.06. The van der Waals surface area contributed by atoms with Crippen LogP contribution in [-0.2, 0) is 4.74 Å². The van der Waals surface area contributed by atoms with Crippen molar-refractivity contribution in [2.45, 2.75) is 38.6 Å². The van der Waals surface area contributed by atoms with E-state index in [9.17, 15) is 10.2 Å². The van der Waals surface area contributed by atoms with E-state index in [1.807, 2.05) is 6.92 Å². The highest BCUT2D eigenvalue weighted by atomic mass is 16.6. The van der Waals surface area contributed by atoms with E-state index in [-0.39, 0.29) is 6.61 Å². The van der Waals surface area contributed by atoms with Crippen LogP contribution in [-0.4, -0.2) is 40.4 Å². The van der Waals surface area contributed by atoms with Gasteiger partial charge in [0.05, 0.1) is 6.61 Å². The van der Waals surface area contributed by atoms with Crippen molar-refractivity contribution in [3.8, 4) is 0 Å². The normalized spacial score (nSPS) is 18.8. The van der Waals surface area contributed by atoms with E-state index in [1.165, 1.54) is 0 Å². The van der Waals surface area contributed by atoms with Gasteiger partial charge < -0.3 is 20.1 Å². The third-order valence-electron chi connectivity index (χ3n) is 1.70. The smallest absolute Gasteiger partial charge is 0.215 e. The number of hydrogen-bond donors (Lipinski definition) is 3. The van der Waals surface area contributed by atoms with Crippen molar-refractivity contribution in [3.63, 3.8) is 0 Å². The molecule has 0 aromatic carbocycles. The Kier molecular flexibility index (Phi) is 5.41. The summed E-state index contributed by atoms with van der Waals surface area (Å²) in [5.74, 6) is -1.79. The quantitative estimate of drug-likeness (QED) is 0.495. The van der Waals surface area contributed by atoms with Crippen molar-refractivity contribution >= 4 is 0 Å². The molecule has 0 aromatic rings. The zero-order valence-electron chi connectivity index (χ0n) is 7.66. The molecule has 0 rings (SSSR count). The summed E-state index contributed by atoms with van der Waals surface area (Å²) >= 11 is 0. The topological polar surface area (TPSA) is 69.9 Å². The van der Waals surface area contributed by atoms with Gasteiger partial charge in [-0.2, -0.15) is 0 Å². The molecule has 0 aliphatic rings. The summed E-state index contributed by atoms with van der Waals surface area (Å²) in [6.07, 6.45) is 0.126. The fraction of sp³-hybridized carbons (Fsp3) is 1.00. The lowest BCUT2D eigenvalue weighted by molar-refractivity contribution is -0.271. The van der Waals surface area contributed by atoms with Crippen LogP contribution in [0.1, 0.15) is 26.7 Å². The summed E-state index contributed by atoms with van der Waals surface area (Å²) in [6, 6.07) is 0. The van der Waals surface area contributed by atoms with E-state index in [0.29, 0.717) is 6.42 Å². The largest absolute Gasteiger partial charge is 0.391 e. The Morgan fingerprint density at radius 2 is 2.00 bits per heavy atom. The Hall–Kier alpha value is -0.160. The highest BCUT2D eigenvalue weighted by Gasteiger charge is 2.34. The molecule has 0 saturated heterocycles. The fourth-order valence-corrected chi connectivity index (χ4v) is 0.996. The Morgan fingerprint density at radius 3 is 2.33 bits per heavy atom. The van der Waals surface area contributed by atoms with Crippen LogP contribution in [0.5, 0.6) is 0 Å². The van der Waals surface area contributed by atoms with Crippen LogP contribution in [0, 0.1) is 0 Å². The molecule has 0 amide bonds. The highest BCUT2D eigenvalue weighted by molar-refractivity contribution is 4.75. The Morgan fingerprint density at radius 1 is 1.42 bits per heavy atom. The first-order valence-corrected chi connectivity index (χ1v) is 4.26. The van der Waals surface area contributed by atoms with E-state index in [0.717, 1.165) is 6.42 Å². The average Bonchev–Trinajstić information content (AvgIpc) is 2.05. The van der Waals surface area contributed by atoms with E-state index >= 15 is 0 Å². The minimum atomic E-state index is -1.79. The monoisotopic (exact) mass is 178 g/mol. The number of ether oxygens (including phenoxy) is 1. The lowest BCUT2D eigenvalue weighted by Crippen LogP contribution is -2.48. The van der Waals surface area contributed by atoms with Crippen LogP contribution in [0.2, 0.25) is 0 Å². The molecule has 0 aliphatic heterocycles. The van der Waals surface area contributed by atoms with Gasteiger partial charge in [0.2, 0.25) is 5.79 Å². The van der Waals surface area contributed by atoms with Gasteiger partial charge in [-0.3, -0.25) is 0 Å². The van der Waals surface area contributed by atoms with Crippen LogP contribution < -0.4 is 0 Å². The van der Waals surface area contributed by atoms with Gasteiger partial charge in [0, 0.05) is 6.61 Å². The van der Waals surface area contributed by atoms with Gasteiger partial charge >= 0.3 is 0 Å². The molecule has 0 aromatic heterocycles. The minimum absolute atomic E-state index is 0.262. The van der Waals surface area contributed by atoms with Crippen molar-refractivity contribution < 1.29 is 20.1 Å². The van der Waals surface area contributed by atoms with Gasteiger partial charge in [0.15, 0.2) is 0 Å². The molecule has 12 heavy (non-hydrogen) atoms. The van der Waals surface area contributed by atoms with Gasteiger partial charge in [-0.25, -0.2) is 0 Å². The number of aliphatic hydroxyl groups excluding tert-OH is 2. The van der Waals surface area contributed by atoms with Crippen LogP contribution in [0.25, 0.3) is 0 Å². The molecule has 0 aliphatic carbocycles. The van der Waals surface area contributed by atoms with Crippen LogP contribution in [0.3, 0.4) is 0 Å². The molecule has 0 bridgehead atoms. The summed E-state index contributed by atoms with van der Waals surface area (Å²) in [6.45, 7) is 3.26. The number of hydrogen-bond acceptors (Lipinski definition) is 4. The molecule has 0 saturated carbocycles. The third-order valence-corrected chi connectivity index (χ3v) is 1.70. The molecule has 0 spiro atoms. The second-order valence-corrected chi connectivity index (χ2v) is 2.74. The standard InChI is InChI=1S/C8H18O4/c1-3-5-7(10)8(11,6-9)12-4-2/h7,9-11H,3-6H2,1-2H3. The fourth-order valence-electron chi connectivity index (χ4n) is 0.996. The summed E-state index contributed by atoms with van der Waals surface area (Å²) in [7, 11) is 0. The molecule has 2 atom stereocenters. The van der Waals surface area contributed by atoms with Crippen LogP contribution >= 0.6 is 0 Å². The molecular weight excluding hydrogens is 160 g/mol. The number of rotatable bonds is 6. The molecule has 2 unspecified atom stereocenters. The maximum atomic E-state index is 9.50. The molecule has 0 radical (unpaired) electrons. The maximum Gasteiger partial charge on any atom is 0.215 e. The molecule has 74 valence electrons. The second kappa shape index (κ2) is 5.48. The zero-order valence-corrected chi connectivity index (χ0v) is 7.66. The van der Waals surface area contributed by atoms with E-state index in [1.54, 1.807) is 6.92 Å². The summed E-state index contributed by atoms with van der Waals surface area (Å²) < 4.78 is 4.85. The van der Waals surface area contributed by atoms with Crippen LogP contribution in [0.15, 0.2) is 0 Å². The predicted molar refractivity (Wildman–Crippen MR) is 44.6 cm³/mol. The average molecular weight is 178 g/mol. The highest BCUT2D eigenvalue weighted by Crippen LogP contribution is 2.16. The minimum Gasteiger partial charge on any atom is -0.391 e. The Bertz CT molecular complexity index is 118. The van der Waals surface area contributed by atoms with Crippen molar-refractivity contribution in [2.24, 2.45) is 0 Å². The summed E-state index contributed by atoms with van der Waals surface area (Å²) in [4.78, 5) is 0. The van der Waals surface area contributed by atoms with Crippen molar-refractivity contribution in [3.05, 3.63) is 0 Å². The summed E-state index contributed by atoms with van der Waals surface area (Å²) in [5.41, 5.74) is 0. The van der Waals surface area contributed by atoms with Crippen molar-refractivity contribution in [1.29, 1.82) is 0 Å². The van der Waals surface area contributed by atoms with E-state index < -0.39 is 18.5 Å². The van der Waals surface area contributed by atoms with Crippen molar-refractivity contribution in [2.75, 3.05) is 13.2 Å². The molecule has 4 nitrogen and oxygen atoms in total. The van der Waals surface area contributed by atoms with Gasteiger partial charge in [-0.05, 0) is 13.3 Å². The summed E-state index contributed by atoms with van der Waals surface area (Å²) in [5, 5.41) is 27.6. The van der Waals surface area contributed by atoms with Gasteiger partial charge in [0.1, 0.15) is 6.10 Å². The number of aliphatic hydroxyl groups is 3. The molecule has 0 heterocycles. The van der Waals surface area contributed by atoms with Gasteiger partial charge in [-0.1, -0.05) is 13.3 Å². The SMILES string of the molecule is CCCC(O)C(O)(CO)OCC. The molecule has 0 fully saturated rings. The molecule has 3 N–H and O–H groups in total. The molecule has 4 heteroatoms. The molecular formula is C8H18O4. The Labute approximate surface area is 72.8 Å². The lowest BCUT2D eigenvalue weighted by atomic mass is 10.1. The first-order chi connectivity index (χ1) is 5.60. The van der Waals surface area contributed by atoms with Gasteiger partial charge in [0.25, 0.3) is 0 Å². The van der Waals surface area contributed by atoms with E-state index in [2.05, 4.69) is 0 Å². The van der Waals surface area contributed by atoms with Gasteiger partial charge in [-0.15, -0.1) is 0 Å². The maximum absolute atomic E-state index is 9.50. The van der Waals surface area contributed by atoms with Crippen LogP contribution in [0.4, 0.5) is 0 Å². The second-order valence-electron chi connectivity index (χ2n) is 2.74. The van der Waals surface area contributed by atoms with E-state index in [4.69, 9.17) is 9.84 Å².